The fourth-order valence-corrected chi connectivity index (χ4v) is 3.85. The molecule has 0 atom stereocenters. The molecule has 0 aliphatic heterocycles. The summed E-state index contributed by atoms with van der Waals surface area (Å²) < 4.78 is 5.75. The summed E-state index contributed by atoms with van der Waals surface area (Å²) in [5, 5.41) is 1.15. The van der Waals surface area contributed by atoms with Gasteiger partial charge >= 0.3 is 0 Å². The molecule has 0 amide bonds. The van der Waals surface area contributed by atoms with Crippen LogP contribution in [0.5, 0.6) is 5.88 Å². The largest absolute Gasteiger partial charge is 0.472 e. The monoisotopic (exact) mass is 318 g/mol. The Morgan fingerprint density at radius 1 is 1.23 bits per heavy atom. The van der Waals surface area contributed by atoms with Crippen molar-refractivity contribution in [1.29, 1.82) is 0 Å². The minimum absolute atomic E-state index is 0.0797. The number of ether oxygens (including phenoxy) is 1. The van der Waals surface area contributed by atoms with E-state index in [0.717, 1.165) is 23.8 Å². The van der Waals surface area contributed by atoms with Crippen LogP contribution in [0.2, 0.25) is 0 Å². The van der Waals surface area contributed by atoms with Crippen LogP contribution in [0.15, 0.2) is 12.4 Å². The fraction of sp³-hybridized carbons (Fsp3) is 0.562. The van der Waals surface area contributed by atoms with Crippen LogP contribution in [0.1, 0.15) is 42.3 Å². The van der Waals surface area contributed by atoms with Gasteiger partial charge in [0.2, 0.25) is 0 Å². The highest BCUT2D eigenvalue weighted by Crippen LogP contribution is 2.29. The molecule has 2 aromatic rings. The van der Waals surface area contributed by atoms with Crippen LogP contribution in [0.3, 0.4) is 0 Å². The first-order valence-electron chi connectivity index (χ1n) is 7.79. The van der Waals surface area contributed by atoms with Gasteiger partial charge in [-0.15, -0.1) is 11.3 Å². The van der Waals surface area contributed by atoms with Crippen molar-refractivity contribution in [3.05, 3.63) is 28.0 Å². The summed E-state index contributed by atoms with van der Waals surface area (Å²) in [6.45, 7) is 4.73. The molecule has 0 saturated carbocycles. The SMILES string of the molecule is CC(C)Oc1nccnc1N(C)Cc1nc2c(s1)CCCC2. The van der Waals surface area contributed by atoms with Crippen molar-refractivity contribution in [2.24, 2.45) is 0 Å². The number of aryl methyl sites for hydroxylation is 2. The van der Waals surface area contributed by atoms with Gasteiger partial charge in [0, 0.05) is 24.3 Å². The zero-order valence-corrected chi connectivity index (χ0v) is 14.2. The molecule has 0 fully saturated rings. The number of rotatable bonds is 5. The lowest BCUT2D eigenvalue weighted by Crippen LogP contribution is -2.20. The lowest BCUT2D eigenvalue weighted by molar-refractivity contribution is 0.232. The Balaban J connectivity index is 1.77. The van der Waals surface area contributed by atoms with Gasteiger partial charge in [-0.05, 0) is 39.5 Å². The molecular formula is C16H22N4OS. The molecule has 0 saturated heterocycles. The molecule has 6 heteroatoms. The molecule has 0 N–H and O–H groups in total. The van der Waals surface area contributed by atoms with Crippen molar-refractivity contribution in [3.63, 3.8) is 0 Å². The van der Waals surface area contributed by atoms with E-state index in [0.29, 0.717) is 5.88 Å². The summed E-state index contributed by atoms with van der Waals surface area (Å²) in [5.74, 6) is 1.35. The minimum Gasteiger partial charge on any atom is -0.472 e. The zero-order valence-electron chi connectivity index (χ0n) is 13.4. The number of fused-ring (bicyclic) bond motifs is 1. The predicted molar refractivity (Wildman–Crippen MR) is 88.7 cm³/mol. The first-order valence-corrected chi connectivity index (χ1v) is 8.61. The van der Waals surface area contributed by atoms with Gasteiger partial charge in [0.05, 0.1) is 18.3 Å². The number of hydrogen-bond donors (Lipinski definition) is 0. The van der Waals surface area contributed by atoms with Crippen molar-refractivity contribution in [1.82, 2.24) is 15.0 Å². The molecule has 0 radical (unpaired) electrons. The number of thiazole rings is 1. The maximum absolute atomic E-state index is 5.75. The van der Waals surface area contributed by atoms with Crippen LogP contribution < -0.4 is 9.64 Å². The van der Waals surface area contributed by atoms with Gasteiger partial charge < -0.3 is 9.64 Å². The third-order valence-electron chi connectivity index (χ3n) is 3.62. The molecule has 118 valence electrons. The Morgan fingerprint density at radius 2 is 2.00 bits per heavy atom. The molecule has 2 heterocycles. The van der Waals surface area contributed by atoms with E-state index in [1.165, 1.54) is 29.8 Å². The van der Waals surface area contributed by atoms with Crippen LogP contribution in [0.4, 0.5) is 5.82 Å². The lowest BCUT2D eigenvalue weighted by Gasteiger charge is -2.20. The summed E-state index contributed by atoms with van der Waals surface area (Å²) in [5.41, 5.74) is 1.30. The van der Waals surface area contributed by atoms with E-state index in [9.17, 15) is 0 Å². The highest BCUT2D eigenvalue weighted by atomic mass is 32.1. The number of nitrogens with zero attached hydrogens (tertiary/aromatic N) is 4. The lowest BCUT2D eigenvalue weighted by atomic mass is 10.0. The van der Waals surface area contributed by atoms with Crippen molar-refractivity contribution in [3.8, 4) is 5.88 Å². The number of hydrogen-bond acceptors (Lipinski definition) is 6. The van der Waals surface area contributed by atoms with Gasteiger partial charge in [-0.25, -0.2) is 15.0 Å². The van der Waals surface area contributed by atoms with E-state index in [1.807, 2.05) is 32.2 Å². The maximum atomic E-state index is 5.75. The summed E-state index contributed by atoms with van der Waals surface area (Å²) in [7, 11) is 2.01. The molecule has 0 aromatic carbocycles. The third-order valence-corrected chi connectivity index (χ3v) is 4.76. The van der Waals surface area contributed by atoms with Crippen molar-refractivity contribution in [2.45, 2.75) is 52.2 Å². The molecule has 5 nitrogen and oxygen atoms in total. The van der Waals surface area contributed by atoms with E-state index in [-0.39, 0.29) is 6.10 Å². The van der Waals surface area contributed by atoms with Gasteiger partial charge in [0.25, 0.3) is 5.88 Å². The Bertz CT molecular complexity index is 617. The van der Waals surface area contributed by atoms with Crippen LogP contribution >= 0.6 is 11.3 Å². The van der Waals surface area contributed by atoms with E-state index >= 15 is 0 Å². The van der Waals surface area contributed by atoms with Crippen LogP contribution in [0, 0.1) is 0 Å². The quantitative estimate of drug-likeness (QED) is 0.847. The van der Waals surface area contributed by atoms with E-state index < -0.39 is 0 Å². The highest BCUT2D eigenvalue weighted by Gasteiger charge is 2.18. The van der Waals surface area contributed by atoms with E-state index in [4.69, 9.17) is 9.72 Å². The topological polar surface area (TPSA) is 51.1 Å². The number of aromatic nitrogens is 3. The average molecular weight is 318 g/mol. The molecule has 3 rings (SSSR count). The average Bonchev–Trinajstić information content (AvgIpc) is 2.89. The fourth-order valence-electron chi connectivity index (χ4n) is 2.64. The standard InChI is InChI=1S/C16H22N4OS/c1-11(2)21-16-15(17-8-9-18-16)20(3)10-14-19-12-6-4-5-7-13(12)22-14/h8-9,11H,4-7,10H2,1-3H3. The van der Waals surface area contributed by atoms with Crippen molar-refractivity contribution in [2.75, 3.05) is 11.9 Å². The maximum Gasteiger partial charge on any atom is 0.257 e. The van der Waals surface area contributed by atoms with Gasteiger partial charge in [0.15, 0.2) is 5.82 Å². The Morgan fingerprint density at radius 3 is 2.77 bits per heavy atom. The Hall–Kier alpha value is -1.69. The first kappa shape index (κ1) is 15.2. The normalized spacial score (nSPS) is 14.0. The van der Waals surface area contributed by atoms with Crippen LogP contribution in [-0.4, -0.2) is 28.1 Å². The molecular weight excluding hydrogens is 296 g/mol. The summed E-state index contributed by atoms with van der Waals surface area (Å²) in [6.07, 6.45) is 8.31. The van der Waals surface area contributed by atoms with Crippen LogP contribution in [-0.2, 0) is 19.4 Å². The van der Waals surface area contributed by atoms with E-state index in [1.54, 1.807) is 12.4 Å². The summed E-state index contributed by atoms with van der Waals surface area (Å²) in [6, 6.07) is 0. The highest BCUT2D eigenvalue weighted by molar-refractivity contribution is 7.11. The molecule has 1 aliphatic carbocycles. The molecule has 0 bridgehead atoms. The van der Waals surface area contributed by atoms with Crippen molar-refractivity contribution >= 4 is 17.2 Å². The second-order valence-corrected chi connectivity index (χ2v) is 7.06. The second kappa shape index (κ2) is 6.60. The third kappa shape index (κ3) is 3.38. The minimum atomic E-state index is 0.0797. The van der Waals surface area contributed by atoms with E-state index in [2.05, 4.69) is 14.9 Å². The van der Waals surface area contributed by atoms with Gasteiger partial charge in [-0.2, -0.15) is 0 Å². The molecule has 22 heavy (non-hydrogen) atoms. The predicted octanol–water partition coefficient (Wildman–Crippen LogP) is 3.24. The first-order chi connectivity index (χ1) is 10.6. The second-order valence-electron chi connectivity index (χ2n) is 5.89. The van der Waals surface area contributed by atoms with Crippen molar-refractivity contribution < 1.29 is 4.74 Å². The van der Waals surface area contributed by atoms with Gasteiger partial charge in [-0.3, -0.25) is 0 Å². The summed E-state index contributed by atoms with van der Waals surface area (Å²) in [4.78, 5) is 17.1. The summed E-state index contributed by atoms with van der Waals surface area (Å²) >= 11 is 1.84. The smallest absolute Gasteiger partial charge is 0.257 e. The Labute approximate surface area is 135 Å². The number of anilines is 1. The molecule has 0 unspecified atom stereocenters. The molecule has 2 aromatic heterocycles. The van der Waals surface area contributed by atoms with Crippen LogP contribution in [0.25, 0.3) is 0 Å². The molecule has 0 spiro atoms. The Kier molecular flexibility index (Phi) is 4.57. The van der Waals surface area contributed by atoms with Gasteiger partial charge in [0.1, 0.15) is 5.01 Å². The molecule has 1 aliphatic rings. The van der Waals surface area contributed by atoms with Gasteiger partial charge in [-0.1, -0.05) is 0 Å². The zero-order chi connectivity index (χ0) is 15.5.